The maximum atomic E-state index is 15.3. The number of benzene rings is 2. The molecule has 4 heterocycles. The van der Waals surface area contributed by atoms with Gasteiger partial charge in [0.1, 0.15) is 17.2 Å². The molecule has 46 heavy (non-hydrogen) atoms. The van der Waals surface area contributed by atoms with Gasteiger partial charge in [-0.05, 0) is 75.0 Å². The van der Waals surface area contributed by atoms with E-state index in [-0.39, 0.29) is 29.5 Å². The zero-order valence-corrected chi connectivity index (χ0v) is 26.8. The first-order valence-corrected chi connectivity index (χ1v) is 16.0. The molecule has 12 heteroatoms. The predicted molar refractivity (Wildman–Crippen MR) is 174 cm³/mol. The lowest BCUT2D eigenvalue weighted by Crippen LogP contribution is -2.50. The molecule has 4 aromatic rings. The second kappa shape index (κ2) is 12.6. The number of aromatic amines is 1. The first-order valence-electron chi connectivity index (χ1n) is 15.1. The molecule has 6 rings (SSSR count). The highest BCUT2D eigenvalue weighted by Crippen LogP contribution is 2.49. The molecular formula is C34H35F2N5O4S. The second-order valence-electron chi connectivity index (χ2n) is 12.1. The average Bonchev–Trinajstić information content (AvgIpc) is 3.71. The third-order valence-corrected chi connectivity index (χ3v) is 8.77. The van der Waals surface area contributed by atoms with E-state index in [1.54, 1.807) is 11.8 Å². The number of piperazine rings is 1. The van der Waals surface area contributed by atoms with Gasteiger partial charge in [-0.1, -0.05) is 18.2 Å². The molecule has 9 nitrogen and oxygen atoms in total. The second-order valence-corrected chi connectivity index (χ2v) is 13.0. The van der Waals surface area contributed by atoms with Crippen LogP contribution in [-0.2, 0) is 14.3 Å². The molecule has 1 fully saturated rings. The Balaban J connectivity index is 1.40. The van der Waals surface area contributed by atoms with Gasteiger partial charge in [0, 0.05) is 48.9 Å². The number of fused-ring (bicyclic) bond motifs is 1. The summed E-state index contributed by atoms with van der Waals surface area (Å²) in [5, 5.41) is 12.7. The highest BCUT2D eigenvalue weighted by Gasteiger charge is 2.39. The highest BCUT2D eigenvalue weighted by molar-refractivity contribution is 7.13. The molecule has 0 bridgehead atoms. The molecule has 2 aliphatic heterocycles. The zero-order valence-electron chi connectivity index (χ0n) is 26.0. The number of anilines is 2. The van der Waals surface area contributed by atoms with Gasteiger partial charge in [0.2, 0.25) is 0 Å². The fraction of sp³-hybridized carbons (Fsp3) is 0.324. The van der Waals surface area contributed by atoms with Crippen molar-refractivity contribution in [3.63, 3.8) is 0 Å². The van der Waals surface area contributed by atoms with E-state index in [1.165, 1.54) is 11.3 Å². The molecule has 0 aliphatic carbocycles. The van der Waals surface area contributed by atoms with Gasteiger partial charge in [-0.2, -0.15) is 5.10 Å². The van der Waals surface area contributed by atoms with Crippen LogP contribution in [0.3, 0.4) is 0 Å². The predicted octanol–water partition coefficient (Wildman–Crippen LogP) is 7.01. The summed E-state index contributed by atoms with van der Waals surface area (Å²) in [6.07, 6.45) is -0.324. The maximum Gasteiger partial charge on any atom is 0.410 e. The number of hydrogen-bond acceptors (Lipinski definition) is 8. The topological polar surface area (TPSA) is 99.8 Å². The first-order chi connectivity index (χ1) is 22.0. The van der Waals surface area contributed by atoms with Gasteiger partial charge >= 0.3 is 12.1 Å². The Morgan fingerprint density at radius 2 is 1.78 bits per heavy atom. The van der Waals surface area contributed by atoms with Crippen LogP contribution in [0.15, 0.2) is 65.6 Å². The summed E-state index contributed by atoms with van der Waals surface area (Å²) in [5.74, 6) is -2.30. The highest BCUT2D eigenvalue weighted by atomic mass is 32.1. The monoisotopic (exact) mass is 647 g/mol. The number of amides is 1. The van der Waals surface area contributed by atoms with E-state index in [0.29, 0.717) is 43.3 Å². The lowest BCUT2D eigenvalue weighted by atomic mass is 9.79. The summed E-state index contributed by atoms with van der Waals surface area (Å²) in [7, 11) is 0. The number of thiophene rings is 1. The summed E-state index contributed by atoms with van der Waals surface area (Å²) in [6, 6.07) is 14.8. The number of rotatable bonds is 6. The summed E-state index contributed by atoms with van der Waals surface area (Å²) in [6.45, 7) is 9.62. The number of carbonyl (C=O) groups is 2. The first kappa shape index (κ1) is 31.3. The number of ether oxygens (including phenoxy) is 2. The zero-order chi connectivity index (χ0) is 32.6. The van der Waals surface area contributed by atoms with Crippen molar-refractivity contribution in [3.05, 3.63) is 93.9 Å². The van der Waals surface area contributed by atoms with Gasteiger partial charge in [-0.3, -0.25) is 5.10 Å². The van der Waals surface area contributed by atoms with Crippen molar-refractivity contribution in [2.24, 2.45) is 0 Å². The van der Waals surface area contributed by atoms with Crippen LogP contribution in [-0.4, -0.2) is 65.5 Å². The van der Waals surface area contributed by atoms with E-state index in [0.717, 1.165) is 34.3 Å². The van der Waals surface area contributed by atoms with Crippen molar-refractivity contribution in [1.29, 1.82) is 0 Å². The number of carbonyl (C=O) groups excluding carboxylic acids is 2. The number of aromatic nitrogens is 2. The van der Waals surface area contributed by atoms with Crippen LogP contribution in [0.2, 0.25) is 0 Å². The lowest BCUT2D eigenvalue weighted by Gasteiger charge is -2.37. The largest absolute Gasteiger partial charge is 0.463 e. The summed E-state index contributed by atoms with van der Waals surface area (Å²) in [5.41, 5.74) is 2.69. The standard InChI is InChI=1S/C34H35F2N5O4S/c1-5-44-32(42)28-26(20-8-11-22(12-9-20)40-14-16-41(17-15-40)33(43)45-34(2,3)4)27-30(25-7-6-18-46-25)38-39-31(27)37-29(28)23-19-21(35)10-13-24(23)36/h6-13,18-19,26H,5,14-17H2,1-4H3,(H2,37,38,39). The van der Waals surface area contributed by atoms with Crippen molar-refractivity contribution < 1.29 is 27.8 Å². The minimum absolute atomic E-state index is 0.0954. The fourth-order valence-electron chi connectivity index (χ4n) is 5.82. The molecule has 2 aromatic heterocycles. The molecule has 0 saturated carbocycles. The average molecular weight is 648 g/mol. The van der Waals surface area contributed by atoms with Crippen molar-refractivity contribution in [1.82, 2.24) is 15.1 Å². The van der Waals surface area contributed by atoms with Crippen LogP contribution in [0.25, 0.3) is 16.3 Å². The number of halogens is 2. The summed E-state index contributed by atoms with van der Waals surface area (Å²) < 4.78 is 40.8. The van der Waals surface area contributed by atoms with Crippen molar-refractivity contribution >= 4 is 40.6 Å². The van der Waals surface area contributed by atoms with Gasteiger partial charge in [0.25, 0.3) is 0 Å². The molecule has 1 amide bonds. The molecule has 1 unspecified atom stereocenters. The molecule has 240 valence electrons. The number of hydrogen-bond donors (Lipinski definition) is 2. The quantitative estimate of drug-likeness (QED) is 0.217. The van der Waals surface area contributed by atoms with Crippen molar-refractivity contribution in [2.75, 3.05) is 43.0 Å². The molecule has 2 N–H and O–H groups in total. The molecule has 1 saturated heterocycles. The van der Waals surface area contributed by atoms with Gasteiger partial charge in [-0.25, -0.2) is 18.4 Å². The number of nitrogens with one attached hydrogen (secondary N) is 2. The maximum absolute atomic E-state index is 15.3. The Hall–Kier alpha value is -4.71. The minimum atomic E-state index is -0.720. The van der Waals surface area contributed by atoms with Crippen molar-refractivity contribution in [2.45, 2.75) is 39.2 Å². The smallest absolute Gasteiger partial charge is 0.410 e. The molecule has 0 radical (unpaired) electrons. The number of H-pyrrole nitrogens is 1. The van der Waals surface area contributed by atoms with Gasteiger partial charge in [-0.15, -0.1) is 11.3 Å². The van der Waals surface area contributed by atoms with E-state index in [1.807, 2.05) is 62.5 Å². The molecular weight excluding hydrogens is 612 g/mol. The van der Waals surface area contributed by atoms with E-state index >= 15 is 4.39 Å². The van der Waals surface area contributed by atoms with Crippen LogP contribution in [0, 0.1) is 11.6 Å². The van der Waals surface area contributed by atoms with Crippen LogP contribution in [0.4, 0.5) is 25.1 Å². The Morgan fingerprint density at radius 1 is 1.04 bits per heavy atom. The Labute approximate surface area is 269 Å². The Bertz CT molecular complexity index is 1770. The number of nitrogens with zero attached hydrogens (tertiary/aromatic N) is 3. The van der Waals surface area contributed by atoms with E-state index in [9.17, 15) is 14.0 Å². The van der Waals surface area contributed by atoms with Gasteiger partial charge in [0.05, 0.1) is 28.4 Å². The van der Waals surface area contributed by atoms with Crippen LogP contribution >= 0.6 is 11.3 Å². The van der Waals surface area contributed by atoms with E-state index in [4.69, 9.17) is 9.47 Å². The van der Waals surface area contributed by atoms with Crippen LogP contribution in [0.5, 0.6) is 0 Å². The Kier molecular flexibility index (Phi) is 8.56. The molecule has 2 aliphatic rings. The van der Waals surface area contributed by atoms with Gasteiger partial charge < -0.3 is 24.6 Å². The van der Waals surface area contributed by atoms with E-state index < -0.39 is 29.1 Å². The molecule has 1 atom stereocenters. The van der Waals surface area contributed by atoms with Crippen LogP contribution < -0.4 is 10.2 Å². The van der Waals surface area contributed by atoms with Crippen molar-refractivity contribution in [3.8, 4) is 10.6 Å². The third kappa shape index (κ3) is 6.21. The summed E-state index contributed by atoms with van der Waals surface area (Å²) in [4.78, 5) is 31.1. The fourth-order valence-corrected chi connectivity index (χ4v) is 6.56. The van der Waals surface area contributed by atoms with Crippen LogP contribution in [0.1, 0.15) is 50.3 Å². The third-order valence-electron chi connectivity index (χ3n) is 7.88. The lowest BCUT2D eigenvalue weighted by molar-refractivity contribution is -0.138. The minimum Gasteiger partial charge on any atom is -0.463 e. The Morgan fingerprint density at radius 3 is 2.43 bits per heavy atom. The molecule has 2 aromatic carbocycles. The summed E-state index contributed by atoms with van der Waals surface area (Å²) >= 11 is 1.51. The van der Waals surface area contributed by atoms with E-state index in [2.05, 4.69) is 20.4 Å². The van der Waals surface area contributed by atoms with Gasteiger partial charge in [0.15, 0.2) is 5.82 Å². The SMILES string of the molecule is CCOC(=O)C1=C(c2cc(F)ccc2F)Nc2n[nH]c(-c3cccs3)c2C1c1ccc(N2CCN(C(=O)OC(C)(C)C)CC2)cc1. The number of esters is 1. The molecule has 0 spiro atoms. The normalized spacial score (nSPS) is 16.6.